The molecule has 6 nitrogen and oxygen atoms in total. The van der Waals surface area contributed by atoms with Crippen molar-refractivity contribution in [2.24, 2.45) is 0 Å². The molecule has 0 radical (unpaired) electrons. The highest BCUT2D eigenvalue weighted by atomic mass is 16.1. The van der Waals surface area contributed by atoms with E-state index in [0.29, 0.717) is 6.42 Å². The molecule has 6 heteroatoms. The highest BCUT2D eigenvalue weighted by Crippen LogP contribution is 2.24. The zero-order valence-corrected chi connectivity index (χ0v) is 14.8. The Morgan fingerprint density at radius 1 is 1.42 bits per heavy atom. The molecule has 1 atom stereocenters. The van der Waals surface area contributed by atoms with Crippen LogP contribution in [-0.4, -0.2) is 31.3 Å². The van der Waals surface area contributed by atoms with Gasteiger partial charge in [0.2, 0.25) is 5.91 Å². The number of nitrogens with zero attached hydrogens (tertiary/aromatic N) is 4. The van der Waals surface area contributed by atoms with Gasteiger partial charge in [0, 0.05) is 56.0 Å². The van der Waals surface area contributed by atoms with Crippen LogP contribution in [0.3, 0.4) is 0 Å². The molecule has 0 aliphatic carbocycles. The minimum atomic E-state index is 0.0651. The van der Waals surface area contributed by atoms with E-state index in [4.69, 9.17) is 4.98 Å². The summed E-state index contributed by atoms with van der Waals surface area (Å²) in [7, 11) is 0. The van der Waals surface area contributed by atoms with E-state index in [1.165, 1.54) is 0 Å². The zero-order valence-electron chi connectivity index (χ0n) is 14.8. The molecular weight excluding hydrogens is 302 g/mol. The summed E-state index contributed by atoms with van der Waals surface area (Å²) in [4.78, 5) is 16.9. The van der Waals surface area contributed by atoms with E-state index in [-0.39, 0.29) is 17.4 Å². The topological polar surface area (TPSA) is 64.7 Å². The summed E-state index contributed by atoms with van der Waals surface area (Å²) in [5.74, 6) is 1.27. The number of hydrogen-bond acceptors (Lipinski definition) is 3. The molecular formula is C18H27N5O. The highest BCUT2D eigenvalue weighted by molar-refractivity contribution is 5.76. The maximum Gasteiger partial charge on any atom is 0.220 e. The van der Waals surface area contributed by atoms with Crippen LogP contribution in [0.5, 0.6) is 0 Å². The summed E-state index contributed by atoms with van der Waals surface area (Å²) in [6.45, 7) is 8.15. The van der Waals surface area contributed by atoms with E-state index in [2.05, 4.69) is 42.0 Å². The maximum atomic E-state index is 12.2. The van der Waals surface area contributed by atoms with Crippen molar-refractivity contribution >= 4 is 5.91 Å². The molecule has 0 bridgehead atoms. The molecule has 1 amide bonds. The van der Waals surface area contributed by atoms with Gasteiger partial charge in [-0.3, -0.25) is 9.48 Å². The lowest BCUT2D eigenvalue weighted by Crippen LogP contribution is -2.40. The number of rotatable bonds is 5. The van der Waals surface area contributed by atoms with Crippen LogP contribution < -0.4 is 5.32 Å². The van der Waals surface area contributed by atoms with E-state index in [1.807, 2.05) is 16.9 Å². The molecule has 24 heavy (non-hydrogen) atoms. The first-order valence-corrected chi connectivity index (χ1v) is 8.75. The van der Waals surface area contributed by atoms with Crippen molar-refractivity contribution in [1.29, 1.82) is 0 Å². The zero-order chi connectivity index (χ0) is 17.2. The van der Waals surface area contributed by atoms with E-state index >= 15 is 0 Å². The summed E-state index contributed by atoms with van der Waals surface area (Å²) in [6, 6.07) is 2.10. The smallest absolute Gasteiger partial charge is 0.220 e. The van der Waals surface area contributed by atoms with Crippen molar-refractivity contribution < 1.29 is 4.79 Å². The average Bonchev–Trinajstić information content (AvgIpc) is 3.15. The van der Waals surface area contributed by atoms with E-state index in [0.717, 1.165) is 43.9 Å². The Kier molecular flexibility index (Phi) is 4.73. The summed E-state index contributed by atoms with van der Waals surface area (Å²) in [6.07, 6.45) is 9.07. The van der Waals surface area contributed by atoms with Crippen LogP contribution >= 0.6 is 0 Å². The fourth-order valence-electron chi connectivity index (χ4n) is 3.06. The van der Waals surface area contributed by atoms with Crippen LogP contribution in [0.15, 0.2) is 24.7 Å². The molecule has 0 aromatic carbocycles. The normalized spacial score (nSPS) is 17.5. The van der Waals surface area contributed by atoms with Gasteiger partial charge in [0.15, 0.2) is 0 Å². The number of amides is 1. The molecule has 0 fully saturated rings. The lowest BCUT2D eigenvalue weighted by molar-refractivity contribution is -0.122. The monoisotopic (exact) mass is 329 g/mol. The van der Waals surface area contributed by atoms with E-state index in [1.54, 1.807) is 6.20 Å². The van der Waals surface area contributed by atoms with Gasteiger partial charge in [0.25, 0.3) is 0 Å². The van der Waals surface area contributed by atoms with Gasteiger partial charge in [-0.15, -0.1) is 0 Å². The van der Waals surface area contributed by atoms with Gasteiger partial charge in [-0.05, 0) is 18.9 Å². The predicted octanol–water partition coefficient (Wildman–Crippen LogP) is 2.29. The molecule has 130 valence electrons. The summed E-state index contributed by atoms with van der Waals surface area (Å²) in [5, 5.41) is 7.32. The molecule has 0 spiro atoms. The Balaban J connectivity index is 1.48. The molecule has 3 heterocycles. The number of carbonyl (C=O) groups excluding carboxylic acids is 1. The third kappa shape index (κ3) is 4.04. The second kappa shape index (κ2) is 6.79. The molecule has 2 aromatic heterocycles. The highest BCUT2D eigenvalue weighted by Gasteiger charge is 2.25. The van der Waals surface area contributed by atoms with Crippen LogP contribution in [0.2, 0.25) is 0 Å². The standard InChI is InChI=1S/C18H27N5O/c1-18(2,3)15-13-22-12-14(7-8-16(22)21-15)20-17(24)6-4-10-23-11-5-9-19-23/h5,9,11,13-14H,4,6-8,10,12H2,1-3H3,(H,20,24)/t14-/m0/s1. The molecule has 3 rings (SSSR count). The van der Waals surface area contributed by atoms with Gasteiger partial charge in [0.1, 0.15) is 5.82 Å². The molecule has 2 aromatic rings. The number of nitrogens with one attached hydrogen (secondary N) is 1. The van der Waals surface area contributed by atoms with Gasteiger partial charge in [-0.25, -0.2) is 4.98 Å². The Labute approximate surface area is 143 Å². The minimum Gasteiger partial charge on any atom is -0.352 e. The first-order chi connectivity index (χ1) is 11.4. The first kappa shape index (κ1) is 16.7. The van der Waals surface area contributed by atoms with Crippen molar-refractivity contribution in [3.8, 4) is 0 Å². The molecule has 1 N–H and O–H groups in total. The fourth-order valence-corrected chi connectivity index (χ4v) is 3.06. The van der Waals surface area contributed by atoms with Crippen LogP contribution in [0.1, 0.15) is 51.6 Å². The second-order valence-corrected chi connectivity index (χ2v) is 7.62. The fraction of sp³-hybridized carbons (Fsp3) is 0.611. The van der Waals surface area contributed by atoms with E-state index in [9.17, 15) is 4.79 Å². The summed E-state index contributed by atoms with van der Waals surface area (Å²) >= 11 is 0. The van der Waals surface area contributed by atoms with Gasteiger partial charge >= 0.3 is 0 Å². The molecule has 0 unspecified atom stereocenters. The number of imidazole rings is 1. The molecule has 1 aliphatic heterocycles. The van der Waals surface area contributed by atoms with Gasteiger partial charge in [0.05, 0.1) is 5.69 Å². The van der Waals surface area contributed by atoms with Crippen LogP contribution in [0, 0.1) is 0 Å². The largest absolute Gasteiger partial charge is 0.352 e. The SMILES string of the molecule is CC(C)(C)c1cn2c(n1)CC[C@H](NC(=O)CCCn1cccn1)C2. The molecule has 0 saturated heterocycles. The minimum absolute atomic E-state index is 0.0651. The molecule has 0 saturated carbocycles. The maximum absolute atomic E-state index is 12.2. The van der Waals surface area contributed by atoms with Crippen molar-refractivity contribution in [3.63, 3.8) is 0 Å². The van der Waals surface area contributed by atoms with Crippen molar-refractivity contribution in [3.05, 3.63) is 36.2 Å². The average molecular weight is 329 g/mol. The lowest BCUT2D eigenvalue weighted by Gasteiger charge is -2.24. The number of fused-ring (bicyclic) bond motifs is 1. The quantitative estimate of drug-likeness (QED) is 0.915. The number of aryl methyl sites for hydroxylation is 2. The van der Waals surface area contributed by atoms with Crippen molar-refractivity contribution in [2.75, 3.05) is 0 Å². The van der Waals surface area contributed by atoms with Crippen LogP contribution in [-0.2, 0) is 29.7 Å². The molecule has 1 aliphatic rings. The van der Waals surface area contributed by atoms with Gasteiger partial charge in [-0.2, -0.15) is 5.10 Å². The Bertz CT molecular complexity index is 681. The summed E-state index contributed by atoms with van der Waals surface area (Å²) < 4.78 is 4.07. The van der Waals surface area contributed by atoms with Gasteiger partial charge in [-0.1, -0.05) is 20.8 Å². The predicted molar refractivity (Wildman–Crippen MR) is 92.6 cm³/mol. The van der Waals surface area contributed by atoms with Crippen molar-refractivity contribution in [2.45, 2.75) is 71.0 Å². The van der Waals surface area contributed by atoms with Crippen molar-refractivity contribution in [1.82, 2.24) is 24.6 Å². The Hall–Kier alpha value is -2.11. The number of aromatic nitrogens is 4. The van der Waals surface area contributed by atoms with Crippen LogP contribution in [0.4, 0.5) is 0 Å². The third-order valence-corrected chi connectivity index (χ3v) is 4.48. The Morgan fingerprint density at radius 2 is 2.25 bits per heavy atom. The third-order valence-electron chi connectivity index (χ3n) is 4.48. The first-order valence-electron chi connectivity index (χ1n) is 8.75. The Morgan fingerprint density at radius 3 is 2.96 bits per heavy atom. The number of hydrogen-bond donors (Lipinski definition) is 1. The summed E-state index contributed by atoms with van der Waals surface area (Å²) in [5.41, 5.74) is 1.19. The number of carbonyl (C=O) groups is 1. The van der Waals surface area contributed by atoms with Crippen LogP contribution in [0.25, 0.3) is 0 Å². The lowest BCUT2D eigenvalue weighted by atomic mass is 9.93. The van der Waals surface area contributed by atoms with E-state index < -0.39 is 0 Å². The second-order valence-electron chi connectivity index (χ2n) is 7.62. The van der Waals surface area contributed by atoms with Gasteiger partial charge < -0.3 is 9.88 Å².